The van der Waals surface area contributed by atoms with Gasteiger partial charge < -0.3 is 20.3 Å². The summed E-state index contributed by atoms with van der Waals surface area (Å²) in [4.78, 5) is 21.3. The van der Waals surface area contributed by atoms with E-state index in [1.807, 2.05) is 0 Å². The molecule has 6 heterocycles. The highest BCUT2D eigenvalue weighted by molar-refractivity contribution is 7.16. The molecule has 2 N–H and O–H groups in total. The Morgan fingerprint density at radius 1 is 1.18 bits per heavy atom. The van der Waals surface area contributed by atoms with E-state index in [9.17, 15) is 9.65 Å². The number of alkyl halides is 1. The Bertz CT molecular complexity index is 1440. The lowest BCUT2D eigenvalue weighted by Crippen LogP contribution is -2.59. The van der Waals surface area contributed by atoms with Crippen molar-refractivity contribution in [2.75, 3.05) is 61.4 Å². The van der Waals surface area contributed by atoms with Gasteiger partial charge in [0.2, 0.25) is 0 Å². The largest absolute Gasteiger partial charge is 0.461 e. The van der Waals surface area contributed by atoms with Crippen LogP contribution in [0.2, 0.25) is 0 Å². The maximum Gasteiger partial charge on any atom is 0.317 e. The third-order valence-corrected chi connectivity index (χ3v) is 10.6. The summed E-state index contributed by atoms with van der Waals surface area (Å²) >= 11 is 1.53. The van der Waals surface area contributed by atoms with Crippen LogP contribution in [0.1, 0.15) is 54.5 Å². The van der Waals surface area contributed by atoms with E-state index >= 15 is 0 Å². The number of halogens is 1. The predicted molar refractivity (Wildman–Crippen MR) is 153 cm³/mol. The average Bonchev–Trinajstić information content (AvgIpc) is 3.58. The molecule has 208 valence electrons. The second-order valence-corrected chi connectivity index (χ2v) is 13.0. The van der Waals surface area contributed by atoms with Crippen LogP contribution in [-0.4, -0.2) is 72.5 Å². The number of nitriles is 1. The highest BCUT2D eigenvalue weighted by atomic mass is 32.1. The van der Waals surface area contributed by atoms with Crippen LogP contribution >= 0.6 is 11.3 Å². The Kier molecular flexibility index (Phi) is 6.13. The van der Waals surface area contributed by atoms with Crippen LogP contribution in [0.15, 0.2) is 12.2 Å². The quantitative estimate of drug-likeness (QED) is 0.426. The van der Waals surface area contributed by atoms with E-state index in [2.05, 4.69) is 37.8 Å². The number of nitrogens with two attached hydrogens (primary N) is 1. The minimum absolute atomic E-state index is 0.143. The summed E-state index contributed by atoms with van der Waals surface area (Å²) in [6.45, 7) is 12.7. The molecule has 2 aromatic heterocycles. The number of nitrogens with zero attached hydrogens (tertiary/aromatic N) is 7. The Labute approximate surface area is 237 Å². The monoisotopic (exact) mass is 560 g/mol. The van der Waals surface area contributed by atoms with E-state index in [1.54, 1.807) is 0 Å². The third-order valence-electron chi connectivity index (χ3n) is 9.53. The fourth-order valence-corrected chi connectivity index (χ4v) is 8.80. The topological polar surface area (TPSA) is 98.9 Å². The van der Waals surface area contributed by atoms with E-state index in [0.717, 1.165) is 63.7 Å². The number of hydrogen-bond acceptors (Lipinski definition) is 9. The summed E-state index contributed by atoms with van der Waals surface area (Å²) in [6, 6.07) is 2.59. The van der Waals surface area contributed by atoms with Gasteiger partial charge >= 0.3 is 6.01 Å². The molecular formula is C29H33FN8OS. The molecular weight excluding hydrogens is 527 g/mol. The summed E-state index contributed by atoms with van der Waals surface area (Å²) in [7, 11) is 0. The van der Waals surface area contributed by atoms with Gasteiger partial charge in [-0.2, -0.15) is 15.2 Å². The zero-order valence-electron chi connectivity index (χ0n) is 22.5. The molecule has 0 saturated carbocycles. The molecule has 1 spiro atoms. The molecule has 3 fully saturated rings. The van der Waals surface area contributed by atoms with Gasteiger partial charge in [0.25, 0.3) is 5.69 Å². The average molecular weight is 561 g/mol. The minimum atomic E-state index is -0.831. The lowest BCUT2D eigenvalue weighted by molar-refractivity contribution is 0.107. The van der Waals surface area contributed by atoms with Crippen LogP contribution in [0, 0.1) is 17.9 Å². The maximum atomic E-state index is 14.4. The normalized spacial score (nSPS) is 26.7. The second kappa shape index (κ2) is 9.60. The van der Waals surface area contributed by atoms with Gasteiger partial charge in [-0.15, -0.1) is 11.3 Å². The summed E-state index contributed by atoms with van der Waals surface area (Å²) in [5, 5.41) is 10.4. The Hall–Kier alpha value is -3.41. The fraction of sp³-hybridized carbons (Fsp3) is 0.586. The van der Waals surface area contributed by atoms with Crippen molar-refractivity contribution in [2.45, 2.75) is 62.1 Å². The van der Waals surface area contributed by atoms with Crippen molar-refractivity contribution in [1.82, 2.24) is 14.9 Å². The van der Waals surface area contributed by atoms with Gasteiger partial charge in [0.1, 0.15) is 35.5 Å². The molecule has 7 rings (SSSR count). The summed E-state index contributed by atoms with van der Waals surface area (Å²) in [5.41, 5.74) is 7.90. The fourth-order valence-electron chi connectivity index (χ4n) is 7.66. The molecule has 2 atom stereocenters. The molecule has 3 saturated heterocycles. The summed E-state index contributed by atoms with van der Waals surface area (Å²) < 4.78 is 20.7. The first-order valence-corrected chi connectivity index (χ1v) is 15.0. The van der Waals surface area contributed by atoms with Crippen molar-refractivity contribution in [3.63, 3.8) is 0 Å². The van der Waals surface area contributed by atoms with E-state index in [0.29, 0.717) is 60.5 Å². The first-order chi connectivity index (χ1) is 19.4. The van der Waals surface area contributed by atoms with Gasteiger partial charge in [-0.05, 0) is 50.6 Å². The molecule has 40 heavy (non-hydrogen) atoms. The van der Waals surface area contributed by atoms with Crippen LogP contribution < -0.4 is 20.3 Å². The van der Waals surface area contributed by atoms with Crippen molar-refractivity contribution in [3.05, 3.63) is 39.6 Å². The predicted octanol–water partition coefficient (Wildman–Crippen LogP) is 4.36. The van der Waals surface area contributed by atoms with Crippen molar-refractivity contribution >= 4 is 33.7 Å². The lowest BCUT2D eigenvalue weighted by Gasteiger charge is -2.50. The molecule has 5 aliphatic rings. The number of thiophene rings is 1. The number of hydrogen-bond donors (Lipinski definition) is 1. The van der Waals surface area contributed by atoms with Gasteiger partial charge in [-0.3, -0.25) is 4.90 Å². The molecule has 2 aromatic rings. The maximum absolute atomic E-state index is 14.4. The minimum Gasteiger partial charge on any atom is -0.461 e. The van der Waals surface area contributed by atoms with Gasteiger partial charge in [-0.25, -0.2) is 9.24 Å². The van der Waals surface area contributed by atoms with E-state index in [1.165, 1.54) is 16.2 Å². The van der Waals surface area contributed by atoms with Gasteiger partial charge in [-0.1, -0.05) is 12.2 Å². The molecule has 0 radical (unpaired) electrons. The SMILES string of the molecule is [C-]#[N+]c1c(N2CCC=CCC2)nc(OC[C@@]23CCCN2C[C@H](F)C3)nc1N1CC2(CCc3sc(N)c(C#N)c32)C1. The van der Waals surface area contributed by atoms with Crippen molar-refractivity contribution < 1.29 is 9.13 Å². The molecule has 0 aromatic carbocycles. The van der Waals surface area contributed by atoms with Gasteiger partial charge in [0, 0.05) is 49.4 Å². The van der Waals surface area contributed by atoms with E-state index < -0.39 is 6.17 Å². The van der Waals surface area contributed by atoms with Gasteiger partial charge in [0.05, 0.1) is 17.7 Å². The Morgan fingerprint density at radius 2 is 1.93 bits per heavy atom. The molecule has 4 aliphatic heterocycles. The first kappa shape index (κ1) is 25.6. The number of aromatic nitrogens is 2. The lowest BCUT2D eigenvalue weighted by atomic mass is 9.74. The van der Waals surface area contributed by atoms with Crippen LogP contribution in [-0.2, 0) is 11.8 Å². The molecule has 11 heteroatoms. The second-order valence-electron chi connectivity index (χ2n) is 11.9. The molecule has 1 aliphatic carbocycles. The Morgan fingerprint density at radius 3 is 2.65 bits per heavy atom. The molecule has 9 nitrogen and oxygen atoms in total. The zero-order valence-corrected chi connectivity index (χ0v) is 23.4. The third kappa shape index (κ3) is 3.93. The number of fused-ring (bicyclic) bond motifs is 3. The highest BCUT2D eigenvalue weighted by Gasteiger charge is 2.53. The van der Waals surface area contributed by atoms with Crippen molar-refractivity contribution in [2.24, 2.45) is 0 Å². The van der Waals surface area contributed by atoms with Gasteiger partial charge in [0.15, 0.2) is 0 Å². The Balaban J connectivity index is 1.22. The smallest absolute Gasteiger partial charge is 0.317 e. The number of ether oxygens (including phenoxy) is 1. The zero-order chi connectivity index (χ0) is 27.5. The highest BCUT2D eigenvalue weighted by Crippen LogP contribution is 2.54. The molecule has 0 unspecified atom stereocenters. The summed E-state index contributed by atoms with van der Waals surface area (Å²) in [6.07, 6.45) is 9.61. The first-order valence-electron chi connectivity index (χ1n) is 14.2. The number of rotatable bonds is 5. The van der Waals surface area contributed by atoms with Crippen LogP contribution in [0.3, 0.4) is 0 Å². The molecule has 0 bridgehead atoms. The van der Waals surface area contributed by atoms with Crippen molar-refractivity contribution in [3.8, 4) is 12.1 Å². The van der Waals surface area contributed by atoms with Crippen molar-refractivity contribution in [1.29, 1.82) is 5.26 Å². The van der Waals surface area contributed by atoms with Crippen LogP contribution in [0.25, 0.3) is 4.85 Å². The summed E-state index contributed by atoms with van der Waals surface area (Å²) in [5.74, 6) is 1.20. The van der Waals surface area contributed by atoms with Crippen LogP contribution in [0.5, 0.6) is 6.01 Å². The number of aryl methyl sites for hydroxylation is 1. The van der Waals surface area contributed by atoms with Crippen LogP contribution in [0.4, 0.5) is 26.7 Å². The molecule has 0 amide bonds. The number of anilines is 3. The van der Waals surface area contributed by atoms with E-state index in [4.69, 9.17) is 27.0 Å². The standard InChI is InChI=1S/C29H33FN8OS/c1-33-23-25(36-10-4-2-3-5-11-36)34-27(39-18-29-8-6-12-38(29)15-19(30)13-29)35-26(23)37-16-28(17-37)9-7-21-22(28)20(14-31)24(32)40-21/h2-3,19H,4-13,15-18,32H2/t19-,29+/m1/s1. The number of nitrogen functional groups attached to an aromatic ring is 1. The van der Waals surface area contributed by atoms with E-state index in [-0.39, 0.29) is 17.0 Å².